The zero-order valence-electron chi connectivity index (χ0n) is 14.3. The van der Waals surface area contributed by atoms with Gasteiger partial charge in [0.2, 0.25) is 0 Å². The SMILES string of the molecule is CC(C)c1cccc(C(=O)CCCCCN2CCCCC2)c1. The fourth-order valence-corrected chi connectivity index (χ4v) is 3.20. The molecule has 0 radical (unpaired) electrons. The van der Waals surface area contributed by atoms with Gasteiger partial charge in [-0.2, -0.15) is 0 Å². The number of Topliss-reactive ketones (excluding diaryl/α,β-unsaturated/α-hetero) is 1. The van der Waals surface area contributed by atoms with Crippen LogP contribution in [0.3, 0.4) is 0 Å². The Morgan fingerprint density at radius 1 is 1.09 bits per heavy atom. The normalized spacial score (nSPS) is 16.1. The highest BCUT2D eigenvalue weighted by molar-refractivity contribution is 5.96. The summed E-state index contributed by atoms with van der Waals surface area (Å²) >= 11 is 0. The first kappa shape index (κ1) is 17.2. The molecule has 1 fully saturated rings. The number of benzene rings is 1. The molecule has 0 spiro atoms. The lowest BCUT2D eigenvalue weighted by atomic mass is 9.97. The molecule has 0 atom stereocenters. The quantitative estimate of drug-likeness (QED) is 0.495. The van der Waals surface area contributed by atoms with E-state index >= 15 is 0 Å². The van der Waals surface area contributed by atoms with E-state index in [0.29, 0.717) is 18.1 Å². The predicted molar refractivity (Wildman–Crippen MR) is 93.6 cm³/mol. The molecule has 22 heavy (non-hydrogen) atoms. The minimum absolute atomic E-state index is 0.306. The van der Waals surface area contributed by atoms with Crippen LogP contribution in [0.1, 0.15) is 80.6 Å². The third kappa shape index (κ3) is 5.57. The molecule has 1 aromatic carbocycles. The standard InChI is InChI=1S/C20H31NO/c1-17(2)18-10-9-11-19(16-18)20(22)12-5-3-6-13-21-14-7-4-8-15-21/h9-11,16-17H,3-8,12-15H2,1-2H3. The summed E-state index contributed by atoms with van der Waals surface area (Å²) in [6, 6.07) is 8.15. The molecule has 0 unspecified atom stereocenters. The number of hydrogen-bond donors (Lipinski definition) is 0. The first-order valence-corrected chi connectivity index (χ1v) is 9.02. The van der Waals surface area contributed by atoms with E-state index < -0.39 is 0 Å². The van der Waals surface area contributed by atoms with Gasteiger partial charge in [0.05, 0.1) is 0 Å². The summed E-state index contributed by atoms with van der Waals surface area (Å²) in [7, 11) is 0. The minimum atomic E-state index is 0.306. The lowest BCUT2D eigenvalue weighted by Gasteiger charge is -2.26. The highest BCUT2D eigenvalue weighted by Crippen LogP contribution is 2.17. The number of nitrogens with zero attached hydrogens (tertiary/aromatic N) is 1. The third-order valence-corrected chi connectivity index (χ3v) is 4.70. The van der Waals surface area contributed by atoms with E-state index in [-0.39, 0.29) is 0 Å². The summed E-state index contributed by atoms with van der Waals surface area (Å²) in [5.74, 6) is 0.790. The monoisotopic (exact) mass is 301 g/mol. The van der Waals surface area contributed by atoms with E-state index in [0.717, 1.165) is 12.0 Å². The molecule has 1 aliphatic heterocycles. The number of carbonyl (C=O) groups is 1. The van der Waals surface area contributed by atoms with E-state index in [1.54, 1.807) is 0 Å². The Morgan fingerprint density at radius 3 is 2.59 bits per heavy atom. The maximum atomic E-state index is 12.3. The number of rotatable bonds is 8. The average Bonchev–Trinajstić information content (AvgIpc) is 2.55. The van der Waals surface area contributed by atoms with Gasteiger partial charge < -0.3 is 4.90 Å². The smallest absolute Gasteiger partial charge is 0.162 e. The number of likely N-dealkylation sites (tertiary alicyclic amines) is 1. The molecule has 1 aliphatic rings. The van der Waals surface area contributed by atoms with Crippen molar-refractivity contribution in [1.29, 1.82) is 0 Å². The second-order valence-corrected chi connectivity index (χ2v) is 6.92. The van der Waals surface area contributed by atoms with Crippen LogP contribution in [-0.2, 0) is 0 Å². The Labute approximate surface area is 135 Å². The summed E-state index contributed by atoms with van der Waals surface area (Å²) in [4.78, 5) is 14.9. The van der Waals surface area contributed by atoms with Gasteiger partial charge >= 0.3 is 0 Å². The molecule has 122 valence electrons. The van der Waals surface area contributed by atoms with Crippen molar-refractivity contribution in [2.24, 2.45) is 0 Å². The molecule has 1 heterocycles. The van der Waals surface area contributed by atoms with Crippen LogP contribution >= 0.6 is 0 Å². The van der Waals surface area contributed by atoms with Crippen LogP contribution in [0.4, 0.5) is 0 Å². The molecular formula is C20H31NO. The molecule has 0 aliphatic carbocycles. The van der Waals surface area contributed by atoms with Crippen molar-refractivity contribution in [1.82, 2.24) is 4.90 Å². The van der Waals surface area contributed by atoms with Crippen molar-refractivity contribution >= 4 is 5.78 Å². The van der Waals surface area contributed by atoms with Crippen molar-refractivity contribution in [2.45, 2.75) is 64.7 Å². The Bertz CT molecular complexity index is 461. The van der Waals surface area contributed by atoms with Gasteiger partial charge in [0, 0.05) is 12.0 Å². The maximum Gasteiger partial charge on any atom is 0.162 e. The van der Waals surface area contributed by atoms with Gasteiger partial charge in [-0.15, -0.1) is 0 Å². The largest absolute Gasteiger partial charge is 0.303 e. The van der Waals surface area contributed by atoms with Gasteiger partial charge in [0.15, 0.2) is 5.78 Å². The second kappa shape index (κ2) is 9.09. The number of unbranched alkanes of at least 4 members (excludes halogenated alkanes) is 2. The average molecular weight is 301 g/mol. The Kier molecular flexibility index (Phi) is 7.11. The van der Waals surface area contributed by atoms with Gasteiger partial charge in [0.25, 0.3) is 0 Å². The maximum absolute atomic E-state index is 12.3. The van der Waals surface area contributed by atoms with Crippen LogP contribution in [0.25, 0.3) is 0 Å². The molecule has 0 amide bonds. The van der Waals surface area contributed by atoms with Crippen LogP contribution in [0.5, 0.6) is 0 Å². The Balaban J connectivity index is 1.66. The first-order valence-electron chi connectivity index (χ1n) is 9.02. The Morgan fingerprint density at radius 2 is 1.86 bits per heavy atom. The number of ketones is 1. The lowest BCUT2D eigenvalue weighted by Crippen LogP contribution is -2.30. The second-order valence-electron chi connectivity index (χ2n) is 6.92. The molecule has 0 saturated carbocycles. The van der Waals surface area contributed by atoms with Gasteiger partial charge in [-0.3, -0.25) is 4.79 Å². The molecule has 1 saturated heterocycles. The van der Waals surface area contributed by atoms with Gasteiger partial charge in [-0.05, 0) is 62.9 Å². The fraction of sp³-hybridized carbons (Fsp3) is 0.650. The highest BCUT2D eigenvalue weighted by Gasteiger charge is 2.10. The van der Waals surface area contributed by atoms with Gasteiger partial charge in [-0.25, -0.2) is 0 Å². The molecule has 2 rings (SSSR count). The molecule has 2 nitrogen and oxygen atoms in total. The molecule has 0 N–H and O–H groups in total. The van der Waals surface area contributed by atoms with Crippen LogP contribution in [0, 0.1) is 0 Å². The first-order chi connectivity index (χ1) is 10.7. The zero-order chi connectivity index (χ0) is 15.8. The molecule has 0 aromatic heterocycles. The number of piperidine rings is 1. The molecular weight excluding hydrogens is 270 g/mol. The Hall–Kier alpha value is -1.15. The molecule has 0 bridgehead atoms. The minimum Gasteiger partial charge on any atom is -0.303 e. The molecule has 1 aromatic rings. The third-order valence-electron chi connectivity index (χ3n) is 4.70. The van der Waals surface area contributed by atoms with Crippen LogP contribution in [-0.4, -0.2) is 30.3 Å². The molecule has 2 heteroatoms. The number of hydrogen-bond acceptors (Lipinski definition) is 2. The van der Waals surface area contributed by atoms with E-state index in [4.69, 9.17) is 0 Å². The summed E-state index contributed by atoms with van der Waals surface area (Å²) in [6.07, 6.45) is 8.27. The summed E-state index contributed by atoms with van der Waals surface area (Å²) in [6.45, 7) is 8.12. The lowest BCUT2D eigenvalue weighted by molar-refractivity contribution is 0.0978. The fourth-order valence-electron chi connectivity index (χ4n) is 3.20. The topological polar surface area (TPSA) is 20.3 Å². The van der Waals surface area contributed by atoms with Crippen molar-refractivity contribution < 1.29 is 4.79 Å². The van der Waals surface area contributed by atoms with Crippen molar-refractivity contribution in [3.05, 3.63) is 35.4 Å². The number of carbonyl (C=O) groups excluding carboxylic acids is 1. The van der Waals surface area contributed by atoms with Crippen molar-refractivity contribution in [2.75, 3.05) is 19.6 Å². The van der Waals surface area contributed by atoms with Gasteiger partial charge in [-0.1, -0.05) is 44.9 Å². The van der Waals surface area contributed by atoms with Crippen LogP contribution in [0.2, 0.25) is 0 Å². The summed E-state index contributed by atoms with van der Waals surface area (Å²) < 4.78 is 0. The van der Waals surface area contributed by atoms with E-state index in [1.807, 2.05) is 12.1 Å². The van der Waals surface area contributed by atoms with Crippen LogP contribution in [0.15, 0.2) is 24.3 Å². The van der Waals surface area contributed by atoms with Crippen molar-refractivity contribution in [3.8, 4) is 0 Å². The van der Waals surface area contributed by atoms with Crippen molar-refractivity contribution in [3.63, 3.8) is 0 Å². The van der Waals surface area contributed by atoms with E-state index in [2.05, 4.69) is 30.9 Å². The summed E-state index contributed by atoms with van der Waals surface area (Å²) in [5, 5.41) is 0. The van der Waals surface area contributed by atoms with Crippen LogP contribution < -0.4 is 0 Å². The summed E-state index contributed by atoms with van der Waals surface area (Å²) in [5.41, 5.74) is 2.15. The predicted octanol–water partition coefficient (Wildman–Crippen LogP) is 5.04. The van der Waals surface area contributed by atoms with E-state index in [9.17, 15) is 4.79 Å². The zero-order valence-corrected chi connectivity index (χ0v) is 14.3. The highest BCUT2D eigenvalue weighted by atomic mass is 16.1. The van der Waals surface area contributed by atoms with Gasteiger partial charge in [0.1, 0.15) is 0 Å². The van der Waals surface area contributed by atoms with E-state index in [1.165, 1.54) is 57.3 Å².